The molecule has 0 atom stereocenters. The summed E-state index contributed by atoms with van der Waals surface area (Å²) in [7, 11) is 0. The minimum absolute atomic E-state index is 0.0502. The molecule has 0 heterocycles. The molecule has 0 amide bonds. The maximum absolute atomic E-state index is 10.7. The highest BCUT2D eigenvalue weighted by molar-refractivity contribution is 6.32. The molecular weight excluding hydrogens is 376 g/mol. The maximum atomic E-state index is 10.7. The summed E-state index contributed by atoms with van der Waals surface area (Å²) in [5.74, 6) is 0.545. The second kappa shape index (κ2) is 8.67. The first-order chi connectivity index (χ1) is 13.4. The monoisotopic (exact) mass is 394 g/mol. The molecule has 0 spiro atoms. The zero-order valence-corrected chi connectivity index (χ0v) is 16.3. The number of halogens is 1. The second-order valence-electron chi connectivity index (χ2n) is 6.45. The second-order valence-corrected chi connectivity index (χ2v) is 6.86. The number of nitro groups is 1. The summed E-state index contributed by atoms with van der Waals surface area (Å²) in [6.45, 7) is 4.35. The molecule has 0 aliphatic heterocycles. The van der Waals surface area contributed by atoms with E-state index in [9.17, 15) is 10.1 Å². The van der Waals surface area contributed by atoms with Gasteiger partial charge in [0, 0.05) is 18.3 Å². The van der Waals surface area contributed by atoms with E-state index in [4.69, 9.17) is 16.3 Å². The lowest BCUT2D eigenvalue weighted by Gasteiger charge is -2.09. The van der Waals surface area contributed by atoms with E-state index >= 15 is 0 Å². The summed E-state index contributed by atoms with van der Waals surface area (Å²) in [6, 6.07) is 17.8. The van der Waals surface area contributed by atoms with Crippen molar-refractivity contribution in [3.8, 4) is 5.75 Å². The van der Waals surface area contributed by atoms with Crippen molar-refractivity contribution in [2.24, 2.45) is 4.99 Å². The number of nitro benzene ring substituents is 1. The molecule has 3 aromatic rings. The lowest BCUT2D eigenvalue weighted by Crippen LogP contribution is -1.97. The van der Waals surface area contributed by atoms with Gasteiger partial charge in [0.2, 0.25) is 0 Å². The summed E-state index contributed by atoms with van der Waals surface area (Å²) in [4.78, 5) is 14.8. The van der Waals surface area contributed by atoms with E-state index in [1.807, 2.05) is 25.1 Å². The van der Waals surface area contributed by atoms with E-state index in [2.05, 4.69) is 18.0 Å². The Labute approximate surface area is 168 Å². The molecule has 142 valence electrons. The first kappa shape index (κ1) is 19.6. The Kier molecular flexibility index (Phi) is 6.06. The molecule has 0 saturated carbocycles. The lowest BCUT2D eigenvalue weighted by molar-refractivity contribution is -0.384. The van der Waals surface area contributed by atoms with E-state index in [-0.39, 0.29) is 12.3 Å². The van der Waals surface area contributed by atoms with Gasteiger partial charge in [-0.2, -0.15) is 0 Å². The van der Waals surface area contributed by atoms with Crippen molar-refractivity contribution in [2.45, 2.75) is 20.5 Å². The number of nitrogens with zero attached hydrogens (tertiary/aromatic N) is 2. The molecule has 0 saturated heterocycles. The fourth-order valence-electron chi connectivity index (χ4n) is 2.68. The molecule has 0 radical (unpaired) electrons. The normalized spacial score (nSPS) is 11.0. The van der Waals surface area contributed by atoms with Gasteiger partial charge in [0.15, 0.2) is 0 Å². The van der Waals surface area contributed by atoms with Crippen molar-refractivity contribution in [3.63, 3.8) is 0 Å². The molecule has 0 aliphatic rings. The third-order valence-corrected chi connectivity index (χ3v) is 4.50. The molecule has 3 aromatic carbocycles. The highest BCUT2D eigenvalue weighted by Gasteiger charge is 2.06. The van der Waals surface area contributed by atoms with Crippen LogP contribution in [0.3, 0.4) is 0 Å². The topological polar surface area (TPSA) is 64.7 Å². The SMILES string of the molecule is Cc1ccc(N=Cc2ccc(OCc3ccc([N+](=O)[O-])cc3)c(Cl)c2)c(C)c1. The smallest absolute Gasteiger partial charge is 0.269 e. The number of aliphatic imine (C=N–C) groups is 1. The highest BCUT2D eigenvalue weighted by Crippen LogP contribution is 2.27. The van der Waals surface area contributed by atoms with E-state index in [1.54, 1.807) is 30.5 Å². The quantitative estimate of drug-likeness (QED) is 0.284. The van der Waals surface area contributed by atoms with Gasteiger partial charge in [-0.3, -0.25) is 15.1 Å². The van der Waals surface area contributed by atoms with Crippen molar-refractivity contribution in [3.05, 3.63) is 98.1 Å². The van der Waals surface area contributed by atoms with Crippen molar-refractivity contribution in [1.29, 1.82) is 0 Å². The van der Waals surface area contributed by atoms with Gasteiger partial charge in [0.25, 0.3) is 5.69 Å². The fraction of sp³-hybridized carbons (Fsp3) is 0.136. The number of hydrogen-bond donors (Lipinski definition) is 0. The van der Waals surface area contributed by atoms with Gasteiger partial charge < -0.3 is 4.74 Å². The average Bonchev–Trinajstić information content (AvgIpc) is 2.67. The van der Waals surface area contributed by atoms with Gasteiger partial charge in [-0.15, -0.1) is 0 Å². The van der Waals surface area contributed by atoms with E-state index < -0.39 is 4.92 Å². The average molecular weight is 395 g/mol. The lowest BCUT2D eigenvalue weighted by atomic mass is 10.1. The number of benzene rings is 3. The summed E-state index contributed by atoms with van der Waals surface area (Å²) < 4.78 is 5.73. The number of hydrogen-bond acceptors (Lipinski definition) is 4. The van der Waals surface area contributed by atoms with Crippen LogP contribution in [0.2, 0.25) is 5.02 Å². The molecule has 0 N–H and O–H groups in total. The van der Waals surface area contributed by atoms with Gasteiger partial charge in [0.1, 0.15) is 12.4 Å². The predicted octanol–water partition coefficient (Wildman–Crippen LogP) is 6.19. The predicted molar refractivity (Wildman–Crippen MR) is 112 cm³/mol. The summed E-state index contributed by atoms with van der Waals surface area (Å²) in [6.07, 6.45) is 1.77. The zero-order chi connectivity index (χ0) is 20.1. The summed E-state index contributed by atoms with van der Waals surface area (Å²) in [5, 5.41) is 11.2. The van der Waals surface area contributed by atoms with Gasteiger partial charge >= 0.3 is 0 Å². The Morgan fingerprint density at radius 3 is 2.46 bits per heavy atom. The van der Waals surface area contributed by atoms with Crippen LogP contribution in [0, 0.1) is 24.0 Å². The van der Waals surface area contributed by atoms with Gasteiger partial charge in [0.05, 0.1) is 15.6 Å². The molecule has 3 rings (SSSR count). The van der Waals surface area contributed by atoms with Gasteiger partial charge in [-0.1, -0.05) is 29.3 Å². The van der Waals surface area contributed by atoms with Crippen LogP contribution < -0.4 is 4.74 Å². The van der Waals surface area contributed by atoms with Crippen LogP contribution in [-0.2, 0) is 6.61 Å². The third kappa shape index (κ3) is 4.96. The molecule has 6 heteroatoms. The minimum atomic E-state index is -0.431. The van der Waals surface area contributed by atoms with Gasteiger partial charge in [-0.25, -0.2) is 0 Å². The Morgan fingerprint density at radius 2 is 1.82 bits per heavy atom. The zero-order valence-electron chi connectivity index (χ0n) is 15.6. The summed E-state index contributed by atoms with van der Waals surface area (Å²) in [5.41, 5.74) is 4.98. The number of aryl methyl sites for hydroxylation is 2. The van der Waals surface area contributed by atoms with Crippen LogP contribution in [0.25, 0.3) is 0 Å². The number of ether oxygens (including phenoxy) is 1. The molecule has 0 fully saturated rings. The van der Waals surface area contributed by atoms with Crippen molar-refractivity contribution >= 4 is 29.2 Å². The van der Waals surface area contributed by atoms with E-state index in [0.717, 1.165) is 22.4 Å². The van der Waals surface area contributed by atoms with Crippen molar-refractivity contribution in [2.75, 3.05) is 0 Å². The molecule has 0 aromatic heterocycles. The van der Waals surface area contributed by atoms with Crippen molar-refractivity contribution < 1.29 is 9.66 Å². The van der Waals surface area contributed by atoms with E-state index in [0.29, 0.717) is 10.8 Å². The Hall–Kier alpha value is -3.18. The molecule has 0 unspecified atom stereocenters. The molecule has 28 heavy (non-hydrogen) atoms. The van der Waals surface area contributed by atoms with Crippen LogP contribution >= 0.6 is 11.6 Å². The van der Waals surface area contributed by atoms with Crippen LogP contribution in [0.1, 0.15) is 22.3 Å². The first-order valence-electron chi connectivity index (χ1n) is 8.69. The Morgan fingerprint density at radius 1 is 1.07 bits per heavy atom. The van der Waals surface area contributed by atoms with Crippen LogP contribution in [0.15, 0.2) is 65.7 Å². The van der Waals surface area contributed by atoms with Gasteiger partial charge in [-0.05, 0) is 66.9 Å². The minimum Gasteiger partial charge on any atom is -0.487 e. The first-order valence-corrected chi connectivity index (χ1v) is 9.07. The highest BCUT2D eigenvalue weighted by atomic mass is 35.5. The fourth-order valence-corrected chi connectivity index (χ4v) is 2.93. The Balaban J connectivity index is 1.66. The molecule has 5 nitrogen and oxygen atoms in total. The van der Waals surface area contributed by atoms with Crippen LogP contribution in [0.5, 0.6) is 5.75 Å². The summed E-state index contributed by atoms with van der Waals surface area (Å²) >= 11 is 6.32. The standard InChI is InChI=1S/C22H19ClN2O3/c1-15-3-9-21(16(2)11-15)24-13-18-6-10-22(20(23)12-18)28-14-17-4-7-19(8-5-17)25(26)27/h3-13H,14H2,1-2H3. The van der Waals surface area contributed by atoms with Crippen LogP contribution in [-0.4, -0.2) is 11.1 Å². The van der Waals surface area contributed by atoms with E-state index in [1.165, 1.54) is 17.7 Å². The third-order valence-electron chi connectivity index (χ3n) is 4.20. The van der Waals surface area contributed by atoms with Crippen molar-refractivity contribution in [1.82, 2.24) is 0 Å². The number of non-ortho nitro benzene ring substituents is 1. The Bertz CT molecular complexity index is 1030. The molecular formula is C22H19ClN2O3. The largest absolute Gasteiger partial charge is 0.487 e. The molecule has 0 bridgehead atoms. The number of rotatable bonds is 6. The maximum Gasteiger partial charge on any atom is 0.269 e. The molecule has 0 aliphatic carbocycles. The van der Waals surface area contributed by atoms with Crippen LogP contribution in [0.4, 0.5) is 11.4 Å².